The van der Waals surface area contributed by atoms with Crippen molar-refractivity contribution < 1.29 is 23.7 Å². The first-order valence-electron chi connectivity index (χ1n) is 17.3. The maximum absolute atomic E-state index is 13.6. The van der Waals surface area contributed by atoms with E-state index < -0.39 is 0 Å². The molecule has 3 aromatic rings. The zero-order valence-corrected chi connectivity index (χ0v) is 30.4. The molecule has 0 spiro atoms. The number of nitrogens with zero attached hydrogens (tertiary/aromatic N) is 3. The first-order valence-corrected chi connectivity index (χ1v) is 18.1. The summed E-state index contributed by atoms with van der Waals surface area (Å²) >= 11 is 1.52. The summed E-state index contributed by atoms with van der Waals surface area (Å²) in [4.78, 5) is 20.7. The average Bonchev–Trinajstić information content (AvgIpc) is 3.44. The van der Waals surface area contributed by atoms with E-state index in [0.717, 1.165) is 64.2 Å². The Morgan fingerprint density at radius 3 is 1.94 bits per heavy atom. The second kappa shape index (κ2) is 19.5. The number of hydrogen-bond donors (Lipinski definition) is 1. The van der Waals surface area contributed by atoms with E-state index in [9.17, 15) is 4.79 Å². The Morgan fingerprint density at radius 2 is 1.40 bits per heavy atom. The van der Waals surface area contributed by atoms with Crippen LogP contribution in [0.2, 0.25) is 0 Å². The lowest BCUT2D eigenvalue weighted by atomic mass is 10.1. The molecular formula is C38H54N4O5S. The van der Waals surface area contributed by atoms with Crippen molar-refractivity contribution in [3.63, 3.8) is 0 Å². The van der Waals surface area contributed by atoms with Gasteiger partial charge in [-0.1, -0.05) is 58.1 Å². The molecule has 2 fully saturated rings. The number of methoxy groups -OCH3 is 4. The monoisotopic (exact) mass is 678 g/mol. The molecule has 1 N–H and O–H groups in total. The van der Waals surface area contributed by atoms with Crippen molar-refractivity contribution in [3.8, 4) is 23.0 Å². The fraction of sp³-hybridized carbons (Fsp3) is 0.526. The summed E-state index contributed by atoms with van der Waals surface area (Å²) in [5.41, 5.74) is 2.76. The molecule has 1 aliphatic heterocycles. The van der Waals surface area contributed by atoms with Crippen LogP contribution in [0.15, 0.2) is 59.8 Å². The number of rotatable bonds is 13. The highest BCUT2D eigenvalue weighted by Gasteiger charge is 2.35. The quantitative estimate of drug-likeness (QED) is 0.142. The Kier molecular flexibility index (Phi) is 15.2. The number of ether oxygens (including phenoxy) is 4. The van der Waals surface area contributed by atoms with Crippen LogP contribution in [0.25, 0.3) is 0 Å². The molecular weight excluding hydrogens is 625 g/mol. The smallest absolute Gasteiger partial charge is 0.241 e. The van der Waals surface area contributed by atoms with Crippen LogP contribution in [0.3, 0.4) is 0 Å². The predicted octanol–water partition coefficient (Wildman–Crippen LogP) is 8.37. The minimum Gasteiger partial charge on any atom is -0.497 e. The number of carbonyl (C=O) groups is 1. The molecule has 1 saturated carbocycles. The molecule has 2 heterocycles. The van der Waals surface area contributed by atoms with E-state index in [1.807, 2.05) is 48.5 Å². The van der Waals surface area contributed by atoms with Crippen LogP contribution >= 0.6 is 11.9 Å². The first-order chi connectivity index (χ1) is 23.4. The van der Waals surface area contributed by atoms with Crippen molar-refractivity contribution in [3.05, 3.63) is 65.9 Å². The molecule has 0 radical (unpaired) electrons. The van der Waals surface area contributed by atoms with Crippen LogP contribution in [-0.4, -0.2) is 67.2 Å². The van der Waals surface area contributed by atoms with E-state index in [-0.39, 0.29) is 11.9 Å². The molecule has 1 aliphatic carbocycles. The van der Waals surface area contributed by atoms with Gasteiger partial charge in [-0.3, -0.25) is 9.69 Å². The second-order valence-corrected chi connectivity index (χ2v) is 13.5. The van der Waals surface area contributed by atoms with Gasteiger partial charge in [0.05, 0.1) is 34.5 Å². The Bertz CT molecular complexity index is 1370. The Labute approximate surface area is 291 Å². The third-order valence-corrected chi connectivity index (χ3v) is 9.72. The highest BCUT2D eigenvalue weighted by molar-refractivity contribution is 7.96. The van der Waals surface area contributed by atoms with E-state index in [2.05, 4.69) is 33.4 Å². The van der Waals surface area contributed by atoms with E-state index in [0.29, 0.717) is 19.1 Å². The molecule has 262 valence electrons. The number of nitrogens with one attached hydrogen (secondary N) is 1. The third kappa shape index (κ3) is 10.5. The van der Waals surface area contributed by atoms with Crippen LogP contribution in [0.1, 0.15) is 82.8 Å². The van der Waals surface area contributed by atoms with Crippen molar-refractivity contribution in [2.45, 2.75) is 102 Å². The molecule has 1 amide bonds. The van der Waals surface area contributed by atoms with Crippen LogP contribution < -0.4 is 24.3 Å². The van der Waals surface area contributed by atoms with E-state index >= 15 is 0 Å². The van der Waals surface area contributed by atoms with Gasteiger partial charge in [0, 0.05) is 54.3 Å². The van der Waals surface area contributed by atoms with E-state index in [1.54, 1.807) is 34.6 Å². The van der Waals surface area contributed by atoms with Gasteiger partial charge in [0.25, 0.3) is 0 Å². The minimum absolute atomic E-state index is 0.0704. The summed E-state index contributed by atoms with van der Waals surface area (Å²) in [5, 5.41) is 4.00. The summed E-state index contributed by atoms with van der Waals surface area (Å²) in [6, 6.07) is 16.0. The van der Waals surface area contributed by atoms with E-state index in [4.69, 9.17) is 18.9 Å². The van der Waals surface area contributed by atoms with Crippen LogP contribution in [0.5, 0.6) is 23.0 Å². The van der Waals surface area contributed by atoms with Crippen LogP contribution in [0, 0.1) is 0 Å². The highest BCUT2D eigenvalue weighted by Crippen LogP contribution is 2.35. The molecule has 9 nitrogen and oxygen atoms in total. The summed E-state index contributed by atoms with van der Waals surface area (Å²) in [6.45, 7) is 6.38. The number of hydrogen-bond acceptors (Lipinski definition) is 9. The first kappa shape index (κ1) is 37.4. The average molecular weight is 679 g/mol. The summed E-state index contributed by atoms with van der Waals surface area (Å²) in [7, 11) is 6.62. The van der Waals surface area contributed by atoms with Gasteiger partial charge >= 0.3 is 0 Å². The third-order valence-electron chi connectivity index (χ3n) is 8.80. The topological polar surface area (TPSA) is 85.4 Å². The second-order valence-electron chi connectivity index (χ2n) is 12.4. The maximum atomic E-state index is 13.6. The SMILES string of the molecule is CCC.COc1ccc(CN(Cc2ccc(OC)cc2OC)Sc2cc(NC(=O)[C@@H]3CCCN3C3CCCCCC3)ccn2)c(OC)c1. The van der Waals surface area contributed by atoms with Crippen molar-refractivity contribution in [1.29, 1.82) is 0 Å². The van der Waals surface area contributed by atoms with Crippen molar-refractivity contribution in [2.24, 2.45) is 0 Å². The number of pyridine rings is 1. The number of benzene rings is 2. The fourth-order valence-electron chi connectivity index (χ4n) is 6.46. The standard InChI is InChI=1S/C35H46N4O5S.C3H8/c1-41-29-15-13-25(32(21-29)43-3)23-38(24-26-14-16-30(42-2)22-33(26)44-4)45-34-20-27(17-18-36-34)37-35(40)31-12-9-19-39(31)28-10-7-5-6-8-11-28;1-3-2/h13-18,20-22,28,31H,5-12,19,23-24H2,1-4H3,(H,36,37,40);3H2,1-2H3/t31-;/m0./s1. The largest absolute Gasteiger partial charge is 0.497 e. The number of carbonyl (C=O) groups excluding carboxylic acids is 1. The zero-order chi connectivity index (χ0) is 34.3. The van der Waals surface area contributed by atoms with Crippen molar-refractivity contribution in [1.82, 2.24) is 14.2 Å². The molecule has 0 bridgehead atoms. The molecule has 1 atom stereocenters. The molecule has 0 unspecified atom stereocenters. The molecule has 1 aromatic heterocycles. The van der Waals surface area contributed by atoms with Gasteiger partial charge in [-0.05, 0) is 68.4 Å². The molecule has 10 heteroatoms. The fourth-order valence-corrected chi connectivity index (χ4v) is 7.42. The van der Waals surface area contributed by atoms with Crippen LogP contribution in [0.4, 0.5) is 5.69 Å². The Hall–Kier alpha value is -3.47. The normalized spacial score (nSPS) is 16.9. The molecule has 48 heavy (non-hydrogen) atoms. The maximum Gasteiger partial charge on any atom is 0.241 e. The summed E-state index contributed by atoms with van der Waals surface area (Å²) < 4.78 is 24.5. The van der Waals surface area contributed by atoms with Crippen molar-refractivity contribution >= 4 is 23.5 Å². The zero-order valence-electron chi connectivity index (χ0n) is 29.6. The number of aromatic nitrogens is 1. The summed E-state index contributed by atoms with van der Waals surface area (Å²) in [6.07, 6.45) is 12.6. The number of anilines is 1. The Morgan fingerprint density at radius 1 is 0.812 bits per heavy atom. The lowest BCUT2D eigenvalue weighted by molar-refractivity contribution is -0.121. The molecule has 1 saturated heterocycles. The molecule has 2 aliphatic rings. The predicted molar refractivity (Wildman–Crippen MR) is 194 cm³/mol. The van der Waals surface area contributed by atoms with Crippen molar-refractivity contribution in [2.75, 3.05) is 40.3 Å². The lowest BCUT2D eigenvalue weighted by Gasteiger charge is -2.31. The van der Waals surface area contributed by atoms with Gasteiger partial charge in [-0.25, -0.2) is 9.29 Å². The van der Waals surface area contributed by atoms with Crippen LogP contribution in [-0.2, 0) is 17.9 Å². The molecule has 2 aromatic carbocycles. The van der Waals surface area contributed by atoms with Gasteiger partial charge in [-0.2, -0.15) is 0 Å². The summed E-state index contributed by atoms with van der Waals surface area (Å²) in [5.74, 6) is 3.03. The van der Waals surface area contributed by atoms with Gasteiger partial charge in [0.15, 0.2) is 0 Å². The lowest BCUT2D eigenvalue weighted by Crippen LogP contribution is -2.45. The Balaban J connectivity index is 0.00000167. The van der Waals surface area contributed by atoms with Gasteiger partial charge in [-0.15, -0.1) is 0 Å². The molecule has 5 rings (SSSR count). The number of likely N-dealkylation sites (tertiary alicyclic amines) is 1. The van der Waals surface area contributed by atoms with E-state index in [1.165, 1.54) is 56.9 Å². The van der Waals surface area contributed by atoms with Gasteiger partial charge in [0.1, 0.15) is 28.0 Å². The van der Waals surface area contributed by atoms with Gasteiger partial charge < -0.3 is 24.3 Å². The highest BCUT2D eigenvalue weighted by atomic mass is 32.2. The number of amides is 1. The van der Waals surface area contributed by atoms with Gasteiger partial charge in [0.2, 0.25) is 5.91 Å². The minimum atomic E-state index is -0.0704.